The summed E-state index contributed by atoms with van der Waals surface area (Å²) in [4.78, 5) is 116. The number of nitrogens with one attached hydrogen (secondary N) is 1. The molecule has 582 valence electrons. The van der Waals surface area contributed by atoms with Crippen LogP contribution >= 0.6 is 0 Å². The van der Waals surface area contributed by atoms with E-state index in [0.29, 0.717) is 25.8 Å². The molecular weight excluding hydrogens is 1310 g/mol. The summed E-state index contributed by atoms with van der Waals surface area (Å²) in [6, 6.07) is 3.15. The second kappa shape index (κ2) is 46.6. The highest BCUT2D eigenvalue weighted by Gasteiger charge is 2.60. The summed E-state index contributed by atoms with van der Waals surface area (Å²) in [5.74, 6) is -9.43. The molecule has 98 heavy (non-hydrogen) atoms. The lowest BCUT2D eigenvalue weighted by atomic mass is 9.61. The highest BCUT2D eigenvalue weighted by atomic mass is 28.4. The van der Waals surface area contributed by atoms with Crippen molar-refractivity contribution in [3.8, 4) is 0 Å². The van der Waals surface area contributed by atoms with Crippen LogP contribution in [0.4, 0.5) is 0 Å². The zero-order valence-corrected chi connectivity index (χ0v) is 69.8. The molecule has 0 aromatic carbocycles. The van der Waals surface area contributed by atoms with E-state index in [1.54, 1.807) is 20.8 Å². The van der Waals surface area contributed by atoms with Gasteiger partial charge < -0.3 is 48.4 Å². The number of imide groups is 2. The smallest absolute Gasteiger partial charge is 0.317 e. The number of hydrogen-bond acceptors (Lipinski definition) is 17. The third-order valence-corrected chi connectivity index (χ3v) is 32.3. The van der Waals surface area contributed by atoms with Crippen molar-refractivity contribution in [2.75, 3.05) is 80.7 Å². The Morgan fingerprint density at radius 2 is 1.00 bits per heavy atom. The van der Waals surface area contributed by atoms with Gasteiger partial charge in [-0.25, -0.2) is 0 Å². The number of ether oxygens (including phenoxy) is 2. The van der Waals surface area contributed by atoms with Crippen molar-refractivity contribution >= 4 is 80.9 Å². The average Bonchev–Trinajstić information content (AvgIpc) is 1.58. The van der Waals surface area contributed by atoms with Gasteiger partial charge in [0.25, 0.3) is 8.48 Å². The van der Waals surface area contributed by atoms with Crippen LogP contribution in [0.2, 0.25) is 70.5 Å². The van der Waals surface area contributed by atoms with Gasteiger partial charge in [-0.3, -0.25) is 48.2 Å². The van der Waals surface area contributed by atoms with Crippen molar-refractivity contribution in [3.05, 3.63) is 0 Å². The number of carbonyl (C=O) groups is 8. The molecule has 8 unspecified atom stereocenters. The van der Waals surface area contributed by atoms with E-state index < -0.39 is 91.7 Å². The van der Waals surface area contributed by atoms with Crippen LogP contribution in [0.1, 0.15) is 211 Å². The molecular formula is C74H156N6O14Si4. The van der Waals surface area contributed by atoms with Crippen molar-refractivity contribution in [2.24, 2.45) is 74.7 Å². The number of aliphatic hydroxyl groups excluding tert-OH is 1. The number of aliphatic hydroxyl groups is 1. The zero-order valence-electron chi connectivity index (χ0n) is 65.8. The number of hydrogen-bond donors (Lipinski definition) is 4. The number of likely N-dealkylation sites (N-methyl/N-ethyl adjacent to an activating group) is 1. The maximum Gasteiger partial charge on any atom is 0.317 e. The number of aliphatic carboxylic acids is 1. The van der Waals surface area contributed by atoms with Crippen LogP contribution in [0, 0.1) is 69.0 Å². The average molecular weight is 1470 g/mol. The fourth-order valence-electron chi connectivity index (χ4n) is 13.3. The van der Waals surface area contributed by atoms with Crippen LogP contribution in [-0.2, 0) is 56.1 Å². The normalized spacial score (nSPS) is 19.9. The van der Waals surface area contributed by atoms with Gasteiger partial charge in [0, 0.05) is 26.2 Å². The molecule has 24 heteroatoms. The predicted octanol–water partition coefficient (Wildman–Crippen LogP) is 14.8. The minimum Gasteiger partial charge on any atom is -0.481 e. The molecule has 3 aliphatic rings. The van der Waals surface area contributed by atoms with Gasteiger partial charge in [-0.05, 0) is 199 Å². The van der Waals surface area contributed by atoms with Crippen molar-refractivity contribution in [1.29, 1.82) is 0 Å². The Morgan fingerprint density at radius 3 is 1.37 bits per heavy atom. The number of esters is 3. The predicted molar refractivity (Wildman–Crippen MR) is 416 cm³/mol. The third kappa shape index (κ3) is 38.5. The van der Waals surface area contributed by atoms with Crippen molar-refractivity contribution in [1.82, 2.24) is 24.6 Å². The standard InChI is InChI=1S/C43H79N3O9Si2.C11H29NOSi2.C10H16O3.C5H14N2.C2H6O.3CH4/c1-17-19-24-56(13,14)55-57(15,16)25-20-21-45-36(48)32(34(37(45)49)42(7,8)27-30(39(51)52)29(3)40(53)54-18-2)28-43(9,10)33-31(26-41(4,5)6)35(47)46(38(33)50)23-22-44(11)12;1-7-9-11-14(3,4)13-15(5,6)12-10-8-2;1-6-7(5-10(2,3)4)9(12)13-8(6)11;1-7(2)5-3-4-6;1-2-3;;;/h29-34H,17-28H2,1-16H3,(H,51,52);12H,7-11H2,1-6H3;6-7H,5H2,1-4H3;3-6H2,1-2H3;3H,2H2,1H3;3*1H4. The minimum atomic E-state index is -2.13. The number of carboxylic acids is 1. The lowest BCUT2D eigenvalue weighted by molar-refractivity contribution is -0.158. The number of likely N-dealkylation sites (tertiary alicyclic amines) is 2. The third-order valence-electron chi connectivity index (χ3n) is 17.8. The zero-order chi connectivity index (χ0) is 74.6. The van der Waals surface area contributed by atoms with Crippen LogP contribution in [-0.4, -0.2) is 191 Å². The van der Waals surface area contributed by atoms with Gasteiger partial charge in [0.15, 0.2) is 25.0 Å². The number of carboxylic acid groups (broad SMARTS) is 1. The van der Waals surface area contributed by atoms with Crippen molar-refractivity contribution < 1.29 is 66.3 Å². The van der Waals surface area contributed by atoms with E-state index in [2.05, 4.69) is 123 Å². The molecule has 3 aliphatic heterocycles. The fourth-order valence-corrected chi connectivity index (χ4v) is 30.6. The van der Waals surface area contributed by atoms with Gasteiger partial charge >= 0.3 is 23.9 Å². The van der Waals surface area contributed by atoms with E-state index in [0.717, 1.165) is 51.0 Å². The Labute approximate surface area is 605 Å². The number of carbonyl (C=O) groups excluding carboxylic acids is 7. The number of rotatable bonds is 35. The first-order chi connectivity index (χ1) is 43.3. The SMILES string of the molecule is C.C.C.CC1C(=O)OC(=O)C1CC(C)(C)C.CCCC[Si](C)(C)O[Si](C)(C)CCCN1C(=O)C(CC(C)(C)C2C(=O)N(CCN(C)C)C(=O)C2CC(C)(C)C)C(C(C)(C)CC(C(=O)O)C(C)C(=O)OCC)C1=O.CCCC[Si](C)(C)O[Si](C)(C)NCCC.CCO.CN(C)CCCN. The molecule has 8 atom stereocenters. The Kier molecular flexibility index (Phi) is 49.3. The summed E-state index contributed by atoms with van der Waals surface area (Å²) < 4.78 is 23.0. The number of cyclic esters (lactones) is 2. The van der Waals surface area contributed by atoms with Crippen LogP contribution in [0.25, 0.3) is 0 Å². The first kappa shape index (κ1) is 104. The Hall–Kier alpha value is -3.05. The number of unbranched alkanes of at least 4 members (excludes halogenated alkanes) is 2. The molecule has 5 N–H and O–H groups in total. The van der Waals surface area contributed by atoms with Crippen LogP contribution in [0.5, 0.6) is 0 Å². The fraction of sp³-hybridized carbons (Fsp3) is 0.892. The number of nitrogens with two attached hydrogens (primary N) is 1. The summed E-state index contributed by atoms with van der Waals surface area (Å²) in [5, 5.41) is 17.9. The molecule has 3 heterocycles. The first-order valence-electron chi connectivity index (χ1n) is 35.9. The molecule has 0 aromatic rings. The molecule has 0 aromatic heterocycles. The summed E-state index contributed by atoms with van der Waals surface area (Å²) in [5.41, 5.74) is 3.12. The molecule has 4 amide bonds. The van der Waals surface area contributed by atoms with Gasteiger partial charge in [0.2, 0.25) is 23.6 Å². The van der Waals surface area contributed by atoms with Gasteiger partial charge in [-0.1, -0.05) is 152 Å². The second-order valence-corrected chi connectivity index (χ2v) is 50.7. The molecule has 0 aliphatic carbocycles. The molecule has 3 fully saturated rings. The first-order valence-corrected chi connectivity index (χ1v) is 48.1. The lowest BCUT2D eigenvalue weighted by Gasteiger charge is -2.40. The maximum atomic E-state index is 14.7. The monoisotopic (exact) mass is 1470 g/mol. The summed E-state index contributed by atoms with van der Waals surface area (Å²) in [6.07, 6.45) is 9.01. The van der Waals surface area contributed by atoms with Crippen LogP contribution in [0.15, 0.2) is 0 Å². The van der Waals surface area contributed by atoms with E-state index in [4.69, 9.17) is 23.8 Å². The van der Waals surface area contributed by atoms with E-state index in [-0.39, 0.29) is 120 Å². The molecule has 3 saturated heterocycles. The van der Waals surface area contributed by atoms with Gasteiger partial charge in [0.1, 0.15) is 0 Å². The van der Waals surface area contributed by atoms with Crippen molar-refractivity contribution in [2.45, 2.75) is 281 Å². The van der Waals surface area contributed by atoms with Crippen LogP contribution in [0.3, 0.4) is 0 Å². The Bertz CT molecular complexity index is 2340. The summed E-state index contributed by atoms with van der Waals surface area (Å²) in [6.45, 7) is 55.6. The Balaban J connectivity index is -0.000000565. The van der Waals surface area contributed by atoms with Crippen molar-refractivity contribution in [3.63, 3.8) is 0 Å². The minimum absolute atomic E-state index is 0. The summed E-state index contributed by atoms with van der Waals surface area (Å²) in [7, 11) is 0.874. The molecule has 3 rings (SSSR count). The van der Waals surface area contributed by atoms with Crippen LogP contribution < -0.4 is 10.7 Å². The van der Waals surface area contributed by atoms with Gasteiger partial charge in [-0.15, -0.1) is 0 Å². The molecule has 0 bridgehead atoms. The molecule has 20 nitrogen and oxygen atoms in total. The topological polar surface area (TPSA) is 265 Å². The second-order valence-electron chi connectivity index (χ2n) is 33.7. The number of nitrogens with zero attached hydrogens (tertiary/aromatic N) is 4. The van der Waals surface area contributed by atoms with E-state index in [1.807, 2.05) is 67.5 Å². The highest BCUT2D eigenvalue weighted by molar-refractivity contribution is 6.85. The van der Waals surface area contributed by atoms with E-state index in [9.17, 15) is 43.5 Å². The maximum absolute atomic E-state index is 14.7. The lowest BCUT2D eigenvalue weighted by Crippen LogP contribution is -2.54. The number of amides is 4. The largest absolute Gasteiger partial charge is 0.481 e. The van der Waals surface area contributed by atoms with E-state index in [1.165, 1.54) is 42.0 Å². The Morgan fingerprint density at radius 1 is 0.592 bits per heavy atom. The molecule has 0 radical (unpaired) electrons. The van der Waals surface area contributed by atoms with Gasteiger partial charge in [0.05, 0.1) is 54.0 Å². The highest BCUT2D eigenvalue weighted by Crippen LogP contribution is 2.53. The van der Waals surface area contributed by atoms with Gasteiger partial charge in [-0.2, -0.15) is 0 Å². The summed E-state index contributed by atoms with van der Waals surface area (Å²) >= 11 is 0. The van der Waals surface area contributed by atoms with E-state index >= 15 is 0 Å². The molecule has 0 spiro atoms. The molecule has 0 saturated carbocycles. The quantitative estimate of drug-likeness (QED) is 0.0199.